The lowest BCUT2D eigenvalue weighted by Gasteiger charge is -2.21. The molecule has 0 aliphatic heterocycles. The minimum atomic E-state index is 0.498. The molecule has 0 unspecified atom stereocenters. The predicted octanol–water partition coefficient (Wildman–Crippen LogP) is 7.59. The van der Waals surface area contributed by atoms with Crippen LogP contribution in [0.15, 0.2) is 54.6 Å². The van der Waals surface area contributed by atoms with Gasteiger partial charge in [-0.1, -0.05) is 81.8 Å². The van der Waals surface area contributed by atoms with E-state index in [2.05, 4.69) is 87.2 Å². The molecule has 0 saturated carbocycles. The largest absolute Gasteiger partial charge is 0.343 e. The van der Waals surface area contributed by atoms with E-state index in [-0.39, 0.29) is 0 Å². The first kappa shape index (κ1) is 24.9. The van der Waals surface area contributed by atoms with E-state index in [1.807, 2.05) is 6.07 Å². The zero-order valence-corrected chi connectivity index (χ0v) is 21.2. The topological polar surface area (TPSA) is 33.2 Å². The monoisotopic (exact) mass is 460 g/mol. The van der Waals surface area contributed by atoms with Crippen molar-refractivity contribution in [2.24, 2.45) is 5.92 Å². The van der Waals surface area contributed by atoms with Crippen LogP contribution >= 0.6 is 11.3 Å². The van der Waals surface area contributed by atoms with Crippen molar-refractivity contribution in [3.63, 3.8) is 0 Å². The molecule has 4 heteroatoms. The highest BCUT2D eigenvalue weighted by Crippen LogP contribution is 2.36. The smallest absolute Gasteiger partial charge is 0.186 e. The van der Waals surface area contributed by atoms with Gasteiger partial charge in [0.2, 0.25) is 0 Å². The fourth-order valence-corrected chi connectivity index (χ4v) is 5.36. The quantitative estimate of drug-likeness (QED) is 0.261. The predicted molar refractivity (Wildman–Crippen MR) is 143 cm³/mol. The van der Waals surface area contributed by atoms with Gasteiger partial charge in [-0.3, -0.25) is 0 Å². The number of benzene rings is 2. The molecule has 0 saturated heterocycles. The lowest BCUT2D eigenvalue weighted by Crippen LogP contribution is -2.24. The van der Waals surface area contributed by atoms with Crippen molar-refractivity contribution in [2.75, 3.05) is 11.4 Å². The van der Waals surface area contributed by atoms with E-state index in [9.17, 15) is 4.79 Å². The Morgan fingerprint density at radius 2 is 1.91 bits per heavy atom. The Labute approximate surface area is 203 Å². The van der Waals surface area contributed by atoms with Crippen LogP contribution in [0.1, 0.15) is 62.1 Å². The maximum absolute atomic E-state index is 11.2. The second-order valence-corrected chi connectivity index (χ2v) is 9.95. The van der Waals surface area contributed by atoms with Gasteiger partial charge in [0.25, 0.3) is 0 Å². The Morgan fingerprint density at radius 1 is 1.12 bits per heavy atom. The van der Waals surface area contributed by atoms with Gasteiger partial charge < -0.3 is 9.69 Å². The Hall–Kier alpha value is -2.72. The molecule has 0 amide bonds. The summed E-state index contributed by atoms with van der Waals surface area (Å²) >= 11 is 1.77. The zero-order valence-electron chi connectivity index (χ0n) is 20.4. The highest BCUT2D eigenvalue weighted by Gasteiger charge is 2.19. The van der Waals surface area contributed by atoms with Crippen LogP contribution in [0.25, 0.3) is 17.3 Å². The third-order valence-electron chi connectivity index (χ3n) is 5.57. The summed E-state index contributed by atoms with van der Waals surface area (Å²) in [4.78, 5) is 19.9. The number of aryl methyl sites for hydroxylation is 1. The molecule has 0 atom stereocenters. The second-order valence-electron chi connectivity index (χ2n) is 8.89. The second kappa shape index (κ2) is 12.5. The van der Waals surface area contributed by atoms with Gasteiger partial charge in [0, 0.05) is 30.0 Å². The highest BCUT2D eigenvalue weighted by molar-refractivity contribution is 7.16. The van der Waals surface area contributed by atoms with E-state index in [4.69, 9.17) is 4.98 Å². The maximum atomic E-state index is 11.2. The van der Waals surface area contributed by atoms with Crippen LogP contribution in [0.4, 0.5) is 5.13 Å². The first-order valence-corrected chi connectivity index (χ1v) is 12.9. The summed E-state index contributed by atoms with van der Waals surface area (Å²) in [5.74, 6) is 0.545. The first-order chi connectivity index (χ1) is 16.0. The third-order valence-corrected chi connectivity index (χ3v) is 6.71. The van der Waals surface area contributed by atoms with E-state index in [1.54, 1.807) is 11.3 Å². The average molecular weight is 461 g/mol. The number of thiazole rings is 1. The van der Waals surface area contributed by atoms with Crippen LogP contribution in [0, 0.1) is 5.92 Å². The summed E-state index contributed by atoms with van der Waals surface area (Å²) in [7, 11) is 0. The van der Waals surface area contributed by atoms with Gasteiger partial charge >= 0.3 is 0 Å². The number of aromatic nitrogens is 1. The third kappa shape index (κ3) is 6.88. The minimum Gasteiger partial charge on any atom is -0.343 e. The number of hydrogen-bond acceptors (Lipinski definition) is 4. The number of anilines is 1. The molecular formula is C29H36N2OS. The van der Waals surface area contributed by atoms with E-state index in [0.717, 1.165) is 42.9 Å². The van der Waals surface area contributed by atoms with Gasteiger partial charge in [-0.25, -0.2) is 4.98 Å². The number of hydrogen-bond donors (Lipinski definition) is 0. The van der Waals surface area contributed by atoms with Gasteiger partial charge in [0.05, 0.1) is 5.69 Å². The summed E-state index contributed by atoms with van der Waals surface area (Å²) in [6.45, 7) is 10.2. The SMILES string of the molecule is C/C=C\c1cc(-c2nc(N(CCC=O)Cc3ccccc3)sc2CC(C)C)ccc1CCC. The van der Waals surface area contributed by atoms with Gasteiger partial charge in [-0.15, -0.1) is 11.3 Å². The fraction of sp³-hybridized carbons (Fsp3) is 0.379. The van der Waals surface area contributed by atoms with Crippen molar-refractivity contribution in [2.45, 2.75) is 59.9 Å². The van der Waals surface area contributed by atoms with Crippen molar-refractivity contribution in [1.82, 2.24) is 4.98 Å². The lowest BCUT2D eigenvalue weighted by atomic mass is 9.97. The van der Waals surface area contributed by atoms with Gasteiger partial charge in [-0.05, 0) is 48.4 Å². The molecule has 0 aliphatic carbocycles. The summed E-state index contributed by atoms with van der Waals surface area (Å²) in [5, 5.41) is 0.997. The van der Waals surface area contributed by atoms with E-state index in [0.29, 0.717) is 18.9 Å². The number of carbonyl (C=O) groups excluding carboxylic acids is 1. The normalized spacial score (nSPS) is 11.4. The highest BCUT2D eigenvalue weighted by atomic mass is 32.1. The van der Waals surface area contributed by atoms with Gasteiger partial charge in [0.15, 0.2) is 5.13 Å². The van der Waals surface area contributed by atoms with Crippen LogP contribution in [-0.4, -0.2) is 17.8 Å². The Kier molecular flexibility index (Phi) is 9.44. The Morgan fingerprint density at radius 3 is 2.58 bits per heavy atom. The van der Waals surface area contributed by atoms with E-state index in [1.165, 1.54) is 27.1 Å². The molecule has 33 heavy (non-hydrogen) atoms. The van der Waals surface area contributed by atoms with E-state index < -0.39 is 0 Å². The maximum Gasteiger partial charge on any atom is 0.186 e. The molecule has 3 rings (SSSR count). The Bertz CT molecular complexity index is 1050. The van der Waals surface area contributed by atoms with Crippen molar-refractivity contribution in [3.05, 3.63) is 76.2 Å². The fourth-order valence-electron chi connectivity index (χ4n) is 4.04. The molecule has 0 aliphatic rings. The lowest BCUT2D eigenvalue weighted by molar-refractivity contribution is -0.107. The molecule has 0 spiro atoms. The van der Waals surface area contributed by atoms with Crippen molar-refractivity contribution < 1.29 is 4.79 Å². The number of aldehydes is 1. The van der Waals surface area contributed by atoms with Crippen molar-refractivity contribution in [1.29, 1.82) is 0 Å². The summed E-state index contributed by atoms with van der Waals surface area (Å²) in [6, 6.07) is 17.2. The van der Waals surface area contributed by atoms with Gasteiger partial charge in [-0.2, -0.15) is 0 Å². The van der Waals surface area contributed by atoms with Crippen LogP contribution in [0.3, 0.4) is 0 Å². The van der Waals surface area contributed by atoms with Crippen molar-refractivity contribution in [3.8, 4) is 11.3 Å². The van der Waals surface area contributed by atoms with Crippen LogP contribution < -0.4 is 4.90 Å². The summed E-state index contributed by atoms with van der Waals surface area (Å²) < 4.78 is 0. The summed E-state index contributed by atoms with van der Waals surface area (Å²) in [5.41, 5.74) is 6.16. The molecule has 2 aromatic carbocycles. The molecule has 3 aromatic rings. The molecule has 174 valence electrons. The molecular weight excluding hydrogens is 424 g/mol. The number of nitrogens with zero attached hydrogens (tertiary/aromatic N) is 2. The van der Waals surface area contributed by atoms with Crippen LogP contribution in [0.2, 0.25) is 0 Å². The number of allylic oxidation sites excluding steroid dienone is 1. The van der Waals surface area contributed by atoms with Crippen molar-refractivity contribution >= 4 is 28.8 Å². The average Bonchev–Trinajstić information content (AvgIpc) is 3.21. The molecule has 0 N–H and O–H groups in total. The number of rotatable bonds is 12. The number of carbonyl (C=O) groups is 1. The minimum absolute atomic E-state index is 0.498. The van der Waals surface area contributed by atoms with Crippen LogP contribution in [0.5, 0.6) is 0 Å². The molecule has 1 aromatic heterocycles. The first-order valence-electron chi connectivity index (χ1n) is 12.0. The molecule has 0 radical (unpaired) electrons. The van der Waals surface area contributed by atoms with E-state index >= 15 is 0 Å². The molecule has 0 fully saturated rings. The molecule has 1 heterocycles. The summed E-state index contributed by atoms with van der Waals surface area (Å²) in [6.07, 6.45) is 9.02. The molecule has 0 bridgehead atoms. The zero-order chi connectivity index (χ0) is 23.6. The van der Waals surface area contributed by atoms with Crippen LogP contribution in [-0.2, 0) is 24.2 Å². The molecule has 3 nitrogen and oxygen atoms in total. The van der Waals surface area contributed by atoms with Gasteiger partial charge in [0.1, 0.15) is 6.29 Å². The Balaban J connectivity index is 2.03. The standard InChI is InChI=1S/C29H36N2OS/c1-5-11-24-15-16-26(20-25(24)12-6-2)28-27(19-22(3)4)33-29(30-28)31(17-10-18-32)21-23-13-8-7-9-14-23/h6-9,12-16,18,20,22H,5,10-11,17,19,21H2,1-4H3/b12-6-.